The summed E-state index contributed by atoms with van der Waals surface area (Å²) in [4.78, 5) is 3.74. The second-order valence-corrected chi connectivity index (χ2v) is 5.66. The average molecular weight is 260 g/mol. The summed E-state index contributed by atoms with van der Waals surface area (Å²) in [7, 11) is 2.15. The van der Waals surface area contributed by atoms with Crippen LogP contribution in [0.3, 0.4) is 0 Å². The third-order valence-corrected chi connectivity index (χ3v) is 3.92. The maximum atomic E-state index is 6.19. The second kappa shape index (κ2) is 6.69. The van der Waals surface area contributed by atoms with Crippen molar-refractivity contribution in [3.05, 3.63) is 58.3 Å². The molecule has 0 spiro atoms. The van der Waals surface area contributed by atoms with Gasteiger partial charge in [0, 0.05) is 24.0 Å². The molecule has 18 heavy (non-hydrogen) atoms. The van der Waals surface area contributed by atoms with Gasteiger partial charge in [-0.2, -0.15) is 0 Å². The molecular formula is C15H20N2S. The molecule has 2 aromatic rings. The van der Waals surface area contributed by atoms with Crippen LogP contribution in [0, 0.1) is 0 Å². The fourth-order valence-corrected chi connectivity index (χ4v) is 2.76. The van der Waals surface area contributed by atoms with Crippen LogP contribution in [0.5, 0.6) is 0 Å². The smallest absolute Gasteiger partial charge is 0.0324 e. The van der Waals surface area contributed by atoms with Gasteiger partial charge >= 0.3 is 0 Å². The highest BCUT2D eigenvalue weighted by Gasteiger charge is 2.07. The quantitative estimate of drug-likeness (QED) is 0.863. The maximum absolute atomic E-state index is 6.19. The molecule has 1 unspecified atom stereocenters. The van der Waals surface area contributed by atoms with Crippen molar-refractivity contribution < 1.29 is 0 Å². The first kappa shape index (κ1) is 13.3. The highest BCUT2D eigenvalue weighted by Crippen LogP contribution is 2.15. The number of hydrogen-bond donors (Lipinski definition) is 1. The van der Waals surface area contributed by atoms with E-state index in [1.54, 1.807) is 0 Å². The zero-order chi connectivity index (χ0) is 12.8. The molecule has 0 aliphatic heterocycles. The van der Waals surface area contributed by atoms with Crippen molar-refractivity contribution in [2.75, 3.05) is 13.6 Å². The zero-order valence-corrected chi connectivity index (χ0v) is 11.6. The lowest BCUT2D eigenvalue weighted by atomic mass is 10.0. The summed E-state index contributed by atoms with van der Waals surface area (Å²) in [5.41, 5.74) is 7.42. The summed E-state index contributed by atoms with van der Waals surface area (Å²) in [6.07, 6.45) is 0.992. The van der Waals surface area contributed by atoms with E-state index in [1.165, 1.54) is 10.4 Å². The van der Waals surface area contributed by atoms with E-state index in [1.807, 2.05) is 29.5 Å². The van der Waals surface area contributed by atoms with Crippen LogP contribution in [0.25, 0.3) is 0 Å². The Hall–Kier alpha value is -1.16. The fraction of sp³-hybridized carbons (Fsp3) is 0.333. The first-order chi connectivity index (χ1) is 8.75. The van der Waals surface area contributed by atoms with Crippen molar-refractivity contribution in [1.29, 1.82) is 0 Å². The molecule has 0 bridgehead atoms. The molecule has 1 aromatic carbocycles. The van der Waals surface area contributed by atoms with Crippen molar-refractivity contribution in [3.8, 4) is 0 Å². The topological polar surface area (TPSA) is 29.3 Å². The van der Waals surface area contributed by atoms with Gasteiger partial charge in [-0.05, 0) is 30.5 Å². The van der Waals surface area contributed by atoms with Crippen LogP contribution in [0.2, 0.25) is 0 Å². The van der Waals surface area contributed by atoms with Crippen LogP contribution in [0.1, 0.15) is 22.9 Å². The summed E-state index contributed by atoms with van der Waals surface area (Å²) in [6, 6.07) is 14.7. The molecule has 0 aliphatic rings. The summed E-state index contributed by atoms with van der Waals surface area (Å²) in [5, 5.41) is 2.12. The molecule has 0 saturated carbocycles. The van der Waals surface area contributed by atoms with E-state index in [-0.39, 0.29) is 6.04 Å². The molecular weight excluding hydrogens is 240 g/mol. The van der Waals surface area contributed by atoms with Gasteiger partial charge in [-0.15, -0.1) is 11.3 Å². The number of hydrogen-bond acceptors (Lipinski definition) is 3. The average Bonchev–Trinajstić information content (AvgIpc) is 2.90. The Bertz CT molecular complexity index is 439. The highest BCUT2D eigenvalue weighted by molar-refractivity contribution is 7.09. The van der Waals surface area contributed by atoms with Crippen LogP contribution in [-0.4, -0.2) is 18.5 Å². The van der Waals surface area contributed by atoms with Crippen LogP contribution in [0.15, 0.2) is 47.8 Å². The number of nitrogens with zero attached hydrogens (tertiary/aromatic N) is 1. The Labute approximate surface area is 113 Å². The first-order valence-corrected chi connectivity index (χ1v) is 7.15. The predicted molar refractivity (Wildman–Crippen MR) is 78.6 cm³/mol. The van der Waals surface area contributed by atoms with Crippen LogP contribution in [-0.2, 0) is 6.54 Å². The van der Waals surface area contributed by atoms with E-state index in [4.69, 9.17) is 5.73 Å². The SMILES string of the molecule is CN(CCC(N)c1ccccc1)Cc1cccs1. The van der Waals surface area contributed by atoms with E-state index < -0.39 is 0 Å². The Balaban J connectivity index is 1.77. The molecule has 0 amide bonds. The van der Waals surface area contributed by atoms with Crippen molar-refractivity contribution in [3.63, 3.8) is 0 Å². The number of rotatable bonds is 6. The normalized spacial score (nSPS) is 12.8. The summed E-state index contributed by atoms with van der Waals surface area (Å²) < 4.78 is 0. The minimum Gasteiger partial charge on any atom is -0.324 e. The molecule has 1 atom stereocenters. The van der Waals surface area contributed by atoms with Gasteiger partial charge in [-0.25, -0.2) is 0 Å². The summed E-state index contributed by atoms with van der Waals surface area (Å²) in [5.74, 6) is 0. The molecule has 96 valence electrons. The Morgan fingerprint density at radius 3 is 2.61 bits per heavy atom. The molecule has 2 nitrogen and oxygen atoms in total. The van der Waals surface area contributed by atoms with E-state index in [2.05, 4.69) is 41.6 Å². The molecule has 0 radical (unpaired) electrons. The molecule has 1 aromatic heterocycles. The van der Waals surface area contributed by atoms with Gasteiger partial charge in [0.05, 0.1) is 0 Å². The fourth-order valence-electron chi connectivity index (χ4n) is 1.97. The largest absolute Gasteiger partial charge is 0.324 e. The molecule has 2 N–H and O–H groups in total. The minimum absolute atomic E-state index is 0.136. The summed E-state index contributed by atoms with van der Waals surface area (Å²) in [6.45, 7) is 2.03. The maximum Gasteiger partial charge on any atom is 0.0324 e. The zero-order valence-electron chi connectivity index (χ0n) is 10.8. The van der Waals surface area contributed by atoms with Crippen molar-refractivity contribution in [1.82, 2.24) is 4.90 Å². The van der Waals surface area contributed by atoms with Crippen LogP contribution < -0.4 is 5.73 Å². The van der Waals surface area contributed by atoms with Gasteiger partial charge in [0.1, 0.15) is 0 Å². The lowest BCUT2D eigenvalue weighted by Gasteiger charge is -2.19. The van der Waals surface area contributed by atoms with Crippen LogP contribution in [0.4, 0.5) is 0 Å². The van der Waals surface area contributed by atoms with Crippen molar-refractivity contribution in [2.24, 2.45) is 5.73 Å². The Morgan fingerprint density at radius 1 is 1.17 bits per heavy atom. The van der Waals surface area contributed by atoms with Crippen molar-refractivity contribution >= 4 is 11.3 Å². The van der Waals surface area contributed by atoms with Gasteiger partial charge in [0.25, 0.3) is 0 Å². The van der Waals surface area contributed by atoms with E-state index in [0.717, 1.165) is 19.5 Å². The lowest BCUT2D eigenvalue weighted by Crippen LogP contribution is -2.23. The van der Waals surface area contributed by atoms with Gasteiger partial charge < -0.3 is 10.6 Å². The third kappa shape index (κ3) is 3.95. The highest BCUT2D eigenvalue weighted by atomic mass is 32.1. The molecule has 2 rings (SSSR count). The number of benzene rings is 1. The predicted octanol–water partition coefficient (Wildman–Crippen LogP) is 3.27. The number of nitrogens with two attached hydrogens (primary N) is 1. The molecule has 3 heteroatoms. The van der Waals surface area contributed by atoms with E-state index in [9.17, 15) is 0 Å². The second-order valence-electron chi connectivity index (χ2n) is 4.62. The van der Waals surface area contributed by atoms with E-state index in [0.29, 0.717) is 0 Å². The van der Waals surface area contributed by atoms with Crippen molar-refractivity contribution in [2.45, 2.75) is 19.0 Å². The monoisotopic (exact) mass is 260 g/mol. The van der Waals surface area contributed by atoms with E-state index >= 15 is 0 Å². The minimum atomic E-state index is 0.136. The first-order valence-electron chi connectivity index (χ1n) is 6.27. The van der Waals surface area contributed by atoms with Crippen LogP contribution >= 0.6 is 11.3 Å². The standard InChI is InChI=1S/C15H20N2S/c1-17(12-14-8-5-11-18-14)10-9-15(16)13-6-3-2-4-7-13/h2-8,11,15H,9-10,12,16H2,1H3. The van der Waals surface area contributed by atoms with Gasteiger partial charge in [-0.3, -0.25) is 0 Å². The number of thiophene rings is 1. The lowest BCUT2D eigenvalue weighted by molar-refractivity contribution is 0.314. The summed E-state index contributed by atoms with van der Waals surface area (Å²) >= 11 is 1.81. The molecule has 1 heterocycles. The third-order valence-electron chi connectivity index (χ3n) is 3.06. The molecule has 0 aliphatic carbocycles. The van der Waals surface area contributed by atoms with Gasteiger partial charge in [0.15, 0.2) is 0 Å². The molecule has 0 fully saturated rings. The van der Waals surface area contributed by atoms with Gasteiger partial charge in [-0.1, -0.05) is 36.4 Å². The Kier molecular flexibility index (Phi) is 4.93. The molecule has 0 saturated heterocycles. The van der Waals surface area contributed by atoms with Gasteiger partial charge in [0.2, 0.25) is 0 Å². The Morgan fingerprint density at radius 2 is 1.94 bits per heavy atom.